The lowest BCUT2D eigenvalue weighted by Crippen LogP contribution is -2.71. The molecule has 148 valence electrons. The van der Waals surface area contributed by atoms with Crippen molar-refractivity contribution in [2.24, 2.45) is 5.16 Å². The van der Waals surface area contributed by atoms with Gasteiger partial charge in [-0.15, -0.1) is 23.1 Å². The fourth-order valence-electron chi connectivity index (χ4n) is 2.67. The molecule has 3 rings (SSSR count). The van der Waals surface area contributed by atoms with Crippen LogP contribution >= 0.6 is 23.1 Å². The molecule has 0 aromatic carbocycles. The predicted octanol–water partition coefficient (Wildman–Crippen LogP) is -0.293. The first kappa shape index (κ1) is 19.8. The van der Waals surface area contributed by atoms with E-state index in [9.17, 15) is 24.3 Å². The molecule has 28 heavy (non-hydrogen) atoms. The average Bonchev–Trinajstić information content (AvgIpc) is 3.16. The normalized spacial score (nSPS) is 21.7. The molecule has 0 bridgehead atoms. The Morgan fingerprint density at radius 2 is 2.18 bits per heavy atom. The Morgan fingerprint density at radius 3 is 2.79 bits per heavy atom. The number of carboxylic acids is 2. The minimum absolute atomic E-state index is 0.0718. The summed E-state index contributed by atoms with van der Waals surface area (Å²) in [5.41, 5.74) is 1.83. The zero-order valence-corrected chi connectivity index (χ0v) is 16.0. The van der Waals surface area contributed by atoms with E-state index in [1.807, 2.05) is 0 Å². The van der Waals surface area contributed by atoms with E-state index in [-0.39, 0.29) is 17.1 Å². The first-order chi connectivity index (χ1) is 13.3. The van der Waals surface area contributed by atoms with E-state index in [0.717, 1.165) is 4.90 Å². The van der Waals surface area contributed by atoms with Gasteiger partial charge in [0.15, 0.2) is 5.71 Å². The van der Waals surface area contributed by atoms with Crippen LogP contribution in [-0.2, 0) is 24.0 Å². The molecule has 11 nitrogen and oxygen atoms in total. The van der Waals surface area contributed by atoms with Crippen molar-refractivity contribution in [2.75, 3.05) is 12.4 Å². The van der Waals surface area contributed by atoms with Crippen LogP contribution in [-0.4, -0.2) is 73.3 Å². The van der Waals surface area contributed by atoms with Gasteiger partial charge in [-0.2, -0.15) is 0 Å². The van der Waals surface area contributed by atoms with Gasteiger partial charge in [0.1, 0.15) is 22.8 Å². The van der Waals surface area contributed by atoms with Crippen molar-refractivity contribution < 1.29 is 34.2 Å². The number of thioether (sulfide) groups is 1. The number of thiazole rings is 1. The summed E-state index contributed by atoms with van der Waals surface area (Å²) < 4.78 is 0. The number of fused-ring (bicyclic) bond motifs is 1. The third-order valence-electron chi connectivity index (χ3n) is 3.88. The molecule has 1 aromatic rings. The number of nitrogens with zero attached hydrogens (tertiary/aromatic N) is 3. The average molecular weight is 426 g/mol. The molecule has 2 aliphatic heterocycles. The van der Waals surface area contributed by atoms with Crippen molar-refractivity contribution >= 4 is 52.6 Å². The number of amides is 2. The van der Waals surface area contributed by atoms with Crippen LogP contribution in [0.25, 0.3) is 0 Å². The number of nitrogens with one attached hydrogen (secondary N) is 1. The summed E-state index contributed by atoms with van der Waals surface area (Å²) in [7, 11) is 0. The maximum atomic E-state index is 12.6. The minimum atomic E-state index is -1.27. The molecular weight excluding hydrogens is 412 g/mol. The largest absolute Gasteiger partial charge is 0.479 e. The second-order valence-corrected chi connectivity index (χ2v) is 7.60. The highest BCUT2D eigenvalue weighted by molar-refractivity contribution is 8.00. The lowest BCUT2D eigenvalue weighted by atomic mass is 10.0. The van der Waals surface area contributed by atoms with Crippen molar-refractivity contribution in [3.8, 4) is 0 Å². The molecule has 0 saturated carbocycles. The number of oxime groups is 1. The summed E-state index contributed by atoms with van der Waals surface area (Å²) in [6, 6.07) is -0.941. The van der Waals surface area contributed by atoms with E-state index in [2.05, 4.69) is 20.3 Å². The first-order valence-electron chi connectivity index (χ1n) is 7.80. The van der Waals surface area contributed by atoms with E-state index in [1.165, 1.54) is 34.0 Å². The first-order valence-corrected chi connectivity index (χ1v) is 9.79. The van der Waals surface area contributed by atoms with Crippen LogP contribution in [0.3, 0.4) is 0 Å². The van der Waals surface area contributed by atoms with Crippen LogP contribution in [0, 0.1) is 0 Å². The van der Waals surface area contributed by atoms with Gasteiger partial charge in [-0.05, 0) is 12.5 Å². The molecule has 3 N–H and O–H groups in total. The number of hydrogen-bond acceptors (Lipinski definition) is 9. The Labute approximate surface area is 166 Å². The number of carbonyl (C=O) groups is 4. The molecule has 2 amide bonds. The number of rotatable bonds is 7. The number of aliphatic carboxylic acids is 2. The summed E-state index contributed by atoms with van der Waals surface area (Å²) in [5.74, 6) is -3.39. The maximum absolute atomic E-state index is 12.6. The third kappa shape index (κ3) is 3.71. The van der Waals surface area contributed by atoms with Crippen molar-refractivity contribution in [3.05, 3.63) is 27.9 Å². The molecule has 1 saturated heterocycles. The molecule has 1 aromatic heterocycles. The van der Waals surface area contributed by atoms with E-state index >= 15 is 0 Å². The topological polar surface area (TPSA) is 158 Å². The second-order valence-electron chi connectivity index (χ2n) is 5.78. The Balaban J connectivity index is 1.76. The van der Waals surface area contributed by atoms with Gasteiger partial charge in [-0.3, -0.25) is 14.5 Å². The fraction of sp³-hybridized carbons (Fsp3) is 0.333. The summed E-state index contributed by atoms with van der Waals surface area (Å²) in [5, 5.41) is 25.0. The predicted molar refractivity (Wildman–Crippen MR) is 97.6 cm³/mol. The number of β-lactam (4-membered cyclic amide) rings is 1. The highest BCUT2D eigenvalue weighted by atomic mass is 32.2. The van der Waals surface area contributed by atoms with Crippen molar-refractivity contribution in [3.63, 3.8) is 0 Å². The summed E-state index contributed by atoms with van der Waals surface area (Å²) in [4.78, 5) is 56.8. The van der Waals surface area contributed by atoms with Crippen LogP contribution in [0.15, 0.2) is 27.3 Å². The smallest absolute Gasteiger partial charge is 0.352 e. The minimum Gasteiger partial charge on any atom is -0.479 e. The van der Waals surface area contributed by atoms with E-state index in [0.29, 0.717) is 11.3 Å². The van der Waals surface area contributed by atoms with Gasteiger partial charge in [-0.1, -0.05) is 5.16 Å². The molecule has 0 spiro atoms. The Bertz CT molecular complexity index is 896. The van der Waals surface area contributed by atoms with E-state index in [1.54, 1.807) is 6.92 Å². The molecular formula is C15H14N4O7S2. The molecule has 2 aliphatic rings. The Morgan fingerprint density at radius 1 is 1.43 bits per heavy atom. The third-order valence-corrected chi connectivity index (χ3v) is 5.89. The van der Waals surface area contributed by atoms with Crippen molar-refractivity contribution in [1.82, 2.24) is 15.2 Å². The van der Waals surface area contributed by atoms with Crippen LogP contribution in [0.1, 0.15) is 12.6 Å². The van der Waals surface area contributed by atoms with Gasteiger partial charge < -0.3 is 20.4 Å². The molecule has 0 aliphatic carbocycles. The van der Waals surface area contributed by atoms with Gasteiger partial charge in [0.2, 0.25) is 6.61 Å². The number of hydrogen-bond donors (Lipinski definition) is 3. The highest BCUT2D eigenvalue weighted by Gasteiger charge is 2.54. The van der Waals surface area contributed by atoms with Crippen molar-refractivity contribution in [2.45, 2.75) is 18.3 Å². The lowest BCUT2D eigenvalue weighted by molar-refractivity contribution is -0.150. The van der Waals surface area contributed by atoms with Crippen LogP contribution in [0.5, 0.6) is 0 Å². The maximum Gasteiger partial charge on any atom is 0.352 e. The number of carbonyl (C=O) groups excluding carboxylic acids is 2. The van der Waals surface area contributed by atoms with Crippen LogP contribution < -0.4 is 5.32 Å². The highest BCUT2D eigenvalue weighted by Crippen LogP contribution is 2.40. The summed E-state index contributed by atoms with van der Waals surface area (Å²) >= 11 is 2.53. The molecule has 13 heteroatoms. The van der Waals surface area contributed by atoms with Crippen LogP contribution in [0.2, 0.25) is 0 Å². The van der Waals surface area contributed by atoms with Gasteiger partial charge in [-0.25, -0.2) is 14.6 Å². The van der Waals surface area contributed by atoms with Crippen LogP contribution in [0.4, 0.5) is 0 Å². The second kappa shape index (κ2) is 7.98. The molecule has 1 fully saturated rings. The zero-order chi connectivity index (χ0) is 20.4. The summed E-state index contributed by atoms with van der Waals surface area (Å²) in [6.45, 7) is 0.889. The quantitative estimate of drug-likeness (QED) is 0.302. The monoisotopic (exact) mass is 426 g/mol. The van der Waals surface area contributed by atoms with Gasteiger partial charge in [0.05, 0.1) is 5.51 Å². The van der Waals surface area contributed by atoms with Crippen molar-refractivity contribution in [1.29, 1.82) is 0 Å². The Hall–Kier alpha value is -2.93. The lowest BCUT2D eigenvalue weighted by Gasteiger charge is -2.49. The van der Waals surface area contributed by atoms with Gasteiger partial charge in [0, 0.05) is 11.1 Å². The number of carboxylic acid groups (broad SMARTS) is 2. The standard InChI is InChI=1S/C15H14N4O7S2/c1-6-3-28-14-10(13(23)19(14)11(6)15(24)25)17-12(22)9(7-4-27-5-16-7)18-26-2-8(20)21/h4-5,10,14H,2-3H2,1H3,(H,17,22)(H,20,21)(H,24,25)/t10?,14-/m1/s1. The Kier molecular flexibility index (Phi) is 5.65. The summed E-state index contributed by atoms with van der Waals surface area (Å²) in [6.07, 6.45) is 0. The van der Waals surface area contributed by atoms with Gasteiger partial charge in [0.25, 0.3) is 11.8 Å². The zero-order valence-electron chi connectivity index (χ0n) is 14.3. The van der Waals surface area contributed by atoms with Gasteiger partial charge >= 0.3 is 11.9 Å². The van der Waals surface area contributed by atoms with E-state index in [4.69, 9.17) is 5.11 Å². The molecule has 0 radical (unpaired) electrons. The van der Waals surface area contributed by atoms with E-state index < -0.39 is 41.8 Å². The fourth-order valence-corrected chi connectivity index (χ4v) is 4.50. The SMILES string of the molecule is CC1=C(C(=O)O)N2C(=O)C(NC(=O)C(=NOCC(=O)O)c3cscn3)[C@H]2SC1. The molecule has 1 unspecified atom stereocenters. The number of aromatic nitrogens is 1. The molecule has 3 heterocycles. The molecule has 2 atom stereocenters.